The van der Waals surface area contributed by atoms with Crippen LogP contribution in [0.5, 0.6) is 5.75 Å². The standard InChI is InChI=1S/C16H21NO5/c1-11(2)21-15(19)14-9-8-12(18)10-17(14)16(20)22-13-6-4-3-5-7-13/h3-7,11-12,14,18H,8-10H2,1-2H3/t12-,14+/m1/s1. The van der Waals surface area contributed by atoms with Gasteiger partial charge < -0.3 is 14.6 Å². The van der Waals surface area contributed by atoms with E-state index in [2.05, 4.69) is 0 Å². The van der Waals surface area contributed by atoms with Crippen molar-refractivity contribution in [2.24, 2.45) is 0 Å². The second kappa shape index (κ2) is 7.26. The van der Waals surface area contributed by atoms with E-state index in [9.17, 15) is 14.7 Å². The van der Waals surface area contributed by atoms with Gasteiger partial charge >= 0.3 is 12.1 Å². The largest absolute Gasteiger partial charge is 0.461 e. The van der Waals surface area contributed by atoms with E-state index in [1.165, 1.54) is 4.90 Å². The van der Waals surface area contributed by atoms with Gasteiger partial charge in [0.1, 0.15) is 11.8 Å². The molecule has 0 aromatic heterocycles. The number of amides is 1. The van der Waals surface area contributed by atoms with Crippen LogP contribution in [0.2, 0.25) is 0 Å². The zero-order valence-electron chi connectivity index (χ0n) is 12.8. The lowest BCUT2D eigenvalue weighted by molar-refractivity contribution is -0.155. The van der Waals surface area contributed by atoms with Crippen LogP contribution in [-0.2, 0) is 9.53 Å². The summed E-state index contributed by atoms with van der Waals surface area (Å²) in [6, 6.07) is 7.89. The number of aliphatic hydroxyl groups excluding tert-OH is 1. The fraction of sp³-hybridized carbons (Fsp3) is 0.500. The van der Waals surface area contributed by atoms with Gasteiger partial charge in [-0.1, -0.05) is 18.2 Å². The van der Waals surface area contributed by atoms with Crippen LogP contribution < -0.4 is 4.74 Å². The minimum Gasteiger partial charge on any atom is -0.461 e. The number of carbonyl (C=O) groups is 2. The molecule has 6 nitrogen and oxygen atoms in total. The van der Waals surface area contributed by atoms with Crippen molar-refractivity contribution in [2.45, 2.75) is 44.9 Å². The lowest BCUT2D eigenvalue weighted by Gasteiger charge is -2.35. The number of hydrogen-bond acceptors (Lipinski definition) is 5. The van der Waals surface area contributed by atoms with Crippen molar-refractivity contribution < 1.29 is 24.2 Å². The molecule has 1 amide bonds. The van der Waals surface area contributed by atoms with Gasteiger partial charge in [0.2, 0.25) is 0 Å². The number of esters is 1. The van der Waals surface area contributed by atoms with Gasteiger partial charge in [-0.05, 0) is 38.8 Å². The first-order chi connectivity index (χ1) is 10.5. The van der Waals surface area contributed by atoms with Crippen molar-refractivity contribution in [2.75, 3.05) is 6.54 Å². The average Bonchev–Trinajstić information content (AvgIpc) is 2.47. The van der Waals surface area contributed by atoms with Crippen molar-refractivity contribution in [3.05, 3.63) is 30.3 Å². The van der Waals surface area contributed by atoms with Crippen LogP contribution in [0.15, 0.2) is 30.3 Å². The van der Waals surface area contributed by atoms with E-state index in [-0.39, 0.29) is 12.6 Å². The highest BCUT2D eigenvalue weighted by atomic mass is 16.6. The molecule has 1 fully saturated rings. The molecule has 120 valence electrons. The highest BCUT2D eigenvalue weighted by Gasteiger charge is 2.37. The van der Waals surface area contributed by atoms with Gasteiger partial charge in [-0.25, -0.2) is 9.59 Å². The number of β-amino-alcohol motifs (C(OH)–C–C–N with tert-alkyl or cyclic N) is 1. The Morgan fingerprint density at radius 2 is 1.91 bits per heavy atom. The van der Waals surface area contributed by atoms with Gasteiger partial charge in [0.25, 0.3) is 0 Å². The third kappa shape index (κ3) is 4.21. The number of aliphatic hydroxyl groups is 1. The van der Waals surface area contributed by atoms with E-state index >= 15 is 0 Å². The zero-order valence-corrected chi connectivity index (χ0v) is 12.8. The lowest BCUT2D eigenvalue weighted by atomic mass is 10.0. The Hall–Kier alpha value is -2.08. The first-order valence-corrected chi connectivity index (χ1v) is 7.39. The molecule has 0 spiro atoms. The van der Waals surface area contributed by atoms with Crippen LogP contribution in [0.4, 0.5) is 4.79 Å². The number of nitrogens with zero attached hydrogens (tertiary/aromatic N) is 1. The summed E-state index contributed by atoms with van der Waals surface area (Å²) in [5.74, 6) is -0.0737. The van der Waals surface area contributed by atoms with Crippen LogP contribution >= 0.6 is 0 Å². The maximum atomic E-state index is 12.3. The highest BCUT2D eigenvalue weighted by molar-refractivity contribution is 5.82. The minimum atomic E-state index is -0.720. The van der Waals surface area contributed by atoms with Gasteiger partial charge in [0.15, 0.2) is 0 Å². The molecular weight excluding hydrogens is 286 g/mol. The van der Waals surface area contributed by atoms with Gasteiger partial charge in [-0.15, -0.1) is 0 Å². The van der Waals surface area contributed by atoms with E-state index in [0.29, 0.717) is 18.6 Å². The maximum absolute atomic E-state index is 12.3. The van der Waals surface area contributed by atoms with Crippen molar-refractivity contribution in [3.63, 3.8) is 0 Å². The molecule has 1 aromatic rings. The van der Waals surface area contributed by atoms with E-state index in [0.717, 1.165) is 0 Å². The van der Waals surface area contributed by atoms with Gasteiger partial charge in [-0.2, -0.15) is 0 Å². The molecule has 0 saturated carbocycles. The molecule has 1 heterocycles. The Labute approximate surface area is 129 Å². The molecule has 1 aromatic carbocycles. The van der Waals surface area contributed by atoms with Gasteiger partial charge in [0, 0.05) is 0 Å². The van der Waals surface area contributed by atoms with Crippen LogP contribution in [0.3, 0.4) is 0 Å². The SMILES string of the molecule is CC(C)OC(=O)[C@@H]1CC[C@@H](O)CN1C(=O)Oc1ccccc1. The Kier molecular flexibility index (Phi) is 5.38. The highest BCUT2D eigenvalue weighted by Crippen LogP contribution is 2.21. The Morgan fingerprint density at radius 1 is 1.23 bits per heavy atom. The molecule has 0 aliphatic carbocycles. The van der Waals surface area contributed by atoms with E-state index in [4.69, 9.17) is 9.47 Å². The first-order valence-electron chi connectivity index (χ1n) is 7.39. The summed E-state index contributed by atoms with van der Waals surface area (Å²) in [6.45, 7) is 3.56. The number of likely N-dealkylation sites (tertiary alicyclic amines) is 1. The molecule has 6 heteroatoms. The number of hydrogen-bond donors (Lipinski definition) is 1. The predicted octanol–water partition coefficient (Wildman–Crippen LogP) is 1.96. The quantitative estimate of drug-likeness (QED) is 0.864. The zero-order chi connectivity index (χ0) is 16.1. The van der Waals surface area contributed by atoms with Crippen molar-refractivity contribution in [3.8, 4) is 5.75 Å². The lowest BCUT2D eigenvalue weighted by Crippen LogP contribution is -2.53. The molecule has 22 heavy (non-hydrogen) atoms. The monoisotopic (exact) mass is 307 g/mol. The third-order valence-electron chi connectivity index (χ3n) is 3.36. The summed E-state index contributed by atoms with van der Waals surface area (Å²) in [5, 5.41) is 9.77. The Morgan fingerprint density at radius 3 is 2.55 bits per heavy atom. The van der Waals surface area contributed by atoms with Crippen LogP contribution in [0, 0.1) is 0 Å². The van der Waals surface area contributed by atoms with E-state index in [1.54, 1.807) is 38.1 Å². The molecule has 1 saturated heterocycles. The molecule has 2 atom stereocenters. The fourth-order valence-corrected chi connectivity index (χ4v) is 2.36. The predicted molar refractivity (Wildman–Crippen MR) is 79.4 cm³/mol. The maximum Gasteiger partial charge on any atom is 0.416 e. The van der Waals surface area contributed by atoms with Crippen molar-refractivity contribution >= 4 is 12.1 Å². The smallest absolute Gasteiger partial charge is 0.416 e. The number of rotatable bonds is 3. The molecular formula is C16H21NO5. The van der Waals surface area contributed by atoms with Crippen LogP contribution in [0.25, 0.3) is 0 Å². The van der Waals surface area contributed by atoms with Crippen LogP contribution in [-0.4, -0.2) is 46.9 Å². The molecule has 0 bridgehead atoms. The second-order valence-corrected chi connectivity index (χ2v) is 5.57. The van der Waals surface area contributed by atoms with E-state index < -0.39 is 24.2 Å². The number of ether oxygens (including phenoxy) is 2. The Balaban J connectivity index is 2.08. The molecule has 2 rings (SSSR count). The number of para-hydroxylation sites is 1. The second-order valence-electron chi connectivity index (χ2n) is 5.57. The van der Waals surface area contributed by atoms with Crippen LogP contribution in [0.1, 0.15) is 26.7 Å². The summed E-state index contributed by atoms with van der Waals surface area (Å²) in [6.07, 6.45) is -0.766. The third-order valence-corrected chi connectivity index (χ3v) is 3.36. The van der Waals surface area contributed by atoms with E-state index in [1.807, 2.05) is 6.07 Å². The fourth-order valence-electron chi connectivity index (χ4n) is 2.36. The average molecular weight is 307 g/mol. The molecule has 1 aliphatic rings. The summed E-state index contributed by atoms with van der Waals surface area (Å²) in [7, 11) is 0. The summed E-state index contributed by atoms with van der Waals surface area (Å²) < 4.78 is 10.4. The first kappa shape index (κ1) is 16.3. The van der Waals surface area contributed by atoms with Crippen molar-refractivity contribution in [1.29, 1.82) is 0 Å². The topological polar surface area (TPSA) is 76.1 Å². The molecule has 1 aliphatic heterocycles. The number of piperidine rings is 1. The molecule has 0 unspecified atom stereocenters. The minimum absolute atomic E-state index is 0.0591. The summed E-state index contributed by atoms with van der Waals surface area (Å²) in [4.78, 5) is 25.7. The normalized spacial score (nSPS) is 21.5. The molecule has 1 N–H and O–H groups in total. The Bertz CT molecular complexity index is 517. The molecule has 0 radical (unpaired) electrons. The van der Waals surface area contributed by atoms with Crippen molar-refractivity contribution in [1.82, 2.24) is 4.90 Å². The van der Waals surface area contributed by atoms with Gasteiger partial charge in [0.05, 0.1) is 18.8 Å². The summed E-state index contributed by atoms with van der Waals surface area (Å²) in [5.41, 5.74) is 0. The number of carbonyl (C=O) groups excluding carboxylic acids is 2. The number of benzene rings is 1. The van der Waals surface area contributed by atoms with Gasteiger partial charge in [-0.3, -0.25) is 4.90 Å². The summed E-state index contributed by atoms with van der Waals surface area (Å²) >= 11 is 0.